The number of hydrogen-bond donors (Lipinski definition) is 0. The van der Waals surface area contributed by atoms with Gasteiger partial charge < -0.3 is 9.42 Å². The van der Waals surface area contributed by atoms with Crippen molar-refractivity contribution in [2.24, 2.45) is 0 Å². The second-order valence-electron chi connectivity index (χ2n) is 6.48. The molecule has 1 unspecified atom stereocenters. The molecule has 1 aromatic heterocycles. The molecule has 0 saturated carbocycles. The van der Waals surface area contributed by atoms with Crippen molar-refractivity contribution in [3.8, 4) is 11.4 Å². The number of alkyl halides is 3. The molecule has 2 rings (SSSR count). The van der Waals surface area contributed by atoms with E-state index in [1.165, 1.54) is 4.90 Å². The molecule has 0 aliphatic rings. The average Bonchev–Trinajstić information content (AvgIpc) is 3.16. The van der Waals surface area contributed by atoms with Gasteiger partial charge in [-0.1, -0.05) is 43.3 Å². The lowest BCUT2D eigenvalue weighted by Gasteiger charge is -2.28. The van der Waals surface area contributed by atoms with Crippen molar-refractivity contribution in [2.45, 2.75) is 58.8 Å². The molecule has 28 heavy (non-hydrogen) atoms. The van der Waals surface area contributed by atoms with Crippen LogP contribution in [-0.2, 0) is 22.3 Å². The topological polar surface area (TPSA) is 76.3 Å². The van der Waals surface area contributed by atoms with Crippen LogP contribution in [0.25, 0.3) is 11.4 Å². The molecule has 0 spiro atoms. The Morgan fingerprint density at radius 1 is 1.18 bits per heavy atom. The maximum Gasteiger partial charge on any atom is 0.471 e. The van der Waals surface area contributed by atoms with Crippen LogP contribution in [0.3, 0.4) is 0 Å². The first-order valence-electron chi connectivity index (χ1n) is 9.01. The molecule has 6 nitrogen and oxygen atoms in total. The van der Waals surface area contributed by atoms with Crippen molar-refractivity contribution in [2.75, 3.05) is 0 Å². The van der Waals surface area contributed by atoms with Gasteiger partial charge in [0.15, 0.2) is 0 Å². The number of aromatic nitrogens is 2. The third kappa shape index (κ3) is 5.17. The molecule has 0 N–H and O–H groups in total. The maximum atomic E-state index is 12.6. The highest BCUT2D eigenvalue weighted by Crippen LogP contribution is 2.29. The summed E-state index contributed by atoms with van der Waals surface area (Å²) in [7, 11) is 0. The Kier molecular flexibility index (Phi) is 6.93. The van der Waals surface area contributed by atoms with E-state index in [1.54, 1.807) is 24.3 Å². The van der Waals surface area contributed by atoms with E-state index in [9.17, 15) is 22.8 Å². The lowest BCUT2D eigenvalue weighted by molar-refractivity contribution is -0.159. The van der Waals surface area contributed by atoms with Gasteiger partial charge in [0.25, 0.3) is 5.91 Å². The highest BCUT2D eigenvalue weighted by molar-refractivity contribution is 6.36. The summed E-state index contributed by atoms with van der Waals surface area (Å²) in [4.78, 5) is 29.3. The van der Waals surface area contributed by atoms with Gasteiger partial charge in [0.2, 0.25) is 11.6 Å². The van der Waals surface area contributed by atoms with Crippen molar-refractivity contribution in [3.63, 3.8) is 0 Å². The predicted octanol–water partition coefficient (Wildman–Crippen LogP) is 4.25. The molecule has 0 fully saturated rings. The van der Waals surface area contributed by atoms with E-state index < -0.39 is 23.8 Å². The summed E-state index contributed by atoms with van der Waals surface area (Å²) in [5.74, 6) is -2.53. The Morgan fingerprint density at radius 3 is 2.32 bits per heavy atom. The molecule has 152 valence electrons. The summed E-state index contributed by atoms with van der Waals surface area (Å²) < 4.78 is 41.9. The Balaban J connectivity index is 2.17. The van der Waals surface area contributed by atoms with Gasteiger partial charge in [-0.2, -0.15) is 18.2 Å². The largest absolute Gasteiger partial charge is 0.471 e. The first-order chi connectivity index (χ1) is 13.2. The fourth-order valence-electron chi connectivity index (χ4n) is 2.55. The summed E-state index contributed by atoms with van der Waals surface area (Å²) in [6.45, 7) is 5.85. The van der Waals surface area contributed by atoms with Crippen molar-refractivity contribution < 1.29 is 27.3 Å². The zero-order chi connectivity index (χ0) is 20.9. The quantitative estimate of drug-likeness (QED) is 0.623. The average molecular weight is 397 g/mol. The van der Waals surface area contributed by atoms with Gasteiger partial charge in [0, 0.05) is 24.6 Å². The van der Waals surface area contributed by atoms with Gasteiger partial charge in [-0.25, -0.2) is 0 Å². The number of benzene rings is 1. The Bertz CT molecular complexity index is 816. The summed E-state index contributed by atoms with van der Waals surface area (Å²) in [6.07, 6.45) is -3.22. The van der Waals surface area contributed by atoms with Crippen molar-refractivity contribution in [1.82, 2.24) is 15.0 Å². The second kappa shape index (κ2) is 8.99. The van der Waals surface area contributed by atoms with Gasteiger partial charge in [-0.15, -0.1) is 0 Å². The van der Waals surface area contributed by atoms with Gasteiger partial charge in [0.1, 0.15) is 0 Å². The van der Waals surface area contributed by atoms with Crippen LogP contribution in [0.2, 0.25) is 0 Å². The van der Waals surface area contributed by atoms with Crippen molar-refractivity contribution in [3.05, 3.63) is 35.7 Å². The predicted molar refractivity (Wildman–Crippen MR) is 95.0 cm³/mol. The lowest BCUT2D eigenvalue weighted by atomic mass is 10.1. The summed E-state index contributed by atoms with van der Waals surface area (Å²) in [5.41, 5.74) is 1.09. The van der Waals surface area contributed by atoms with Crippen LogP contribution in [0.15, 0.2) is 28.8 Å². The fourth-order valence-corrected chi connectivity index (χ4v) is 2.55. The Labute approximate surface area is 160 Å². The first-order valence-corrected chi connectivity index (χ1v) is 9.01. The third-order valence-corrected chi connectivity index (χ3v) is 4.33. The van der Waals surface area contributed by atoms with Crippen molar-refractivity contribution >= 4 is 11.7 Å². The molecule has 1 amide bonds. The number of carbonyl (C=O) groups is 2. The highest BCUT2D eigenvalue weighted by atomic mass is 19.4. The van der Waals surface area contributed by atoms with Crippen LogP contribution >= 0.6 is 0 Å². The minimum absolute atomic E-state index is 0.125. The molecule has 1 heterocycles. The molecular formula is C19H22F3N3O3. The number of amides is 1. The molecular weight excluding hydrogens is 375 g/mol. The zero-order valence-corrected chi connectivity index (χ0v) is 15.9. The van der Waals surface area contributed by atoms with E-state index in [2.05, 4.69) is 14.7 Å². The number of carbonyl (C=O) groups excluding carboxylic acids is 2. The van der Waals surface area contributed by atoms with E-state index in [0.717, 1.165) is 5.56 Å². The summed E-state index contributed by atoms with van der Waals surface area (Å²) in [5, 5.41) is 3.34. The molecule has 1 aromatic carbocycles. The molecule has 9 heteroatoms. The van der Waals surface area contributed by atoms with E-state index in [-0.39, 0.29) is 24.8 Å². The van der Waals surface area contributed by atoms with E-state index in [4.69, 9.17) is 0 Å². The molecule has 2 aromatic rings. The highest BCUT2D eigenvalue weighted by Gasteiger charge is 2.38. The SMILES string of the molecule is CCCC(=O)C(=O)N(Cc1ccc(-c2noc(C(F)(F)F)n2)cc1)C(C)CC. The number of Topliss-reactive ketones (excluding diaryl/α,β-unsaturated/α-hetero) is 1. The second-order valence-corrected chi connectivity index (χ2v) is 6.48. The monoisotopic (exact) mass is 397 g/mol. The maximum absolute atomic E-state index is 12.6. The number of ketones is 1. The van der Waals surface area contributed by atoms with Crippen LogP contribution in [0.4, 0.5) is 13.2 Å². The first kappa shape index (κ1) is 21.6. The normalized spacial score (nSPS) is 12.6. The van der Waals surface area contributed by atoms with Crippen molar-refractivity contribution in [1.29, 1.82) is 0 Å². The van der Waals surface area contributed by atoms with Gasteiger partial charge in [-0.05, 0) is 25.3 Å². The van der Waals surface area contributed by atoms with E-state index >= 15 is 0 Å². The molecule has 0 radical (unpaired) electrons. The number of nitrogens with zero attached hydrogens (tertiary/aromatic N) is 3. The molecule has 0 bridgehead atoms. The van der Waals surface area contributed by atoms with Crippen LogP contribution in [0.5, 0.6) is 0 Å². The van der Waals surface area contributed by atoms with Crippen LogP contribution in [-0.4, -0.2) is 32.8 Å². The van der Waals surface area contributed by atoms with Gasteiger partial charge >= 0.3 is 12.1 Å². The molecule has 0 aliphatic heterocycles. The molecule has 0 aliphatic carbocycles. The standard InChI is InChI=1S/C19H22F3N3O3/c1-4-6-15(26)17(27)25(12(3)5-2)11-13-7-9-14(10-8-13)16-23-18(28-24-16)19(20,21)22/h7-10,12H,4-6,11H2,1-3H3. The number of hydrogen-bond acceptors (Lipinski definition) is 5. The van der Waals surface area contributed by atoms with Gasteiger partial charge in [0.05, 0.1) is 0 Å². The zero-order valence-electron chi connectivity index (χ0n) is 15.9. The summed E-state index contributed by atoms with van der Waals surface area (Å²) in [6, 6.07) is 6.29. The summed E-state index contributed by atoms with van der Waals surface area (Å²) >= 11 is 0. The third-order valence-electron chi connectivity index (χ3n) is 4.33. The number of rotatable bonds is 8. The fraction of sp³-hybridized carbons (Fsp3) is 0.474. The minimum atomic E-state index is -4.70. The Hall–Kier alpha value is -2.71. The minimum Gasteiger partial charge on any atom is -0.329 e. The Morgan fingerprint density at radius 2 is 1.82 bits per heavy atom. The lowest BCUT2D eigenvalue weighted by Crippen LogP contribution is -2.41. The van der Waals surface area contributed by atoms with Gasteiger partial charge in [-0.3, -0.25) is 9.59 Å². The van der Waals surface area contributed by atoms with E-state index in [1.807, 2.05) is 20.8 Å². The molecule has 0 saturated heterocycles. The van der Waals surface area contributed by atoms with Crippen LogP contribution in [0.1, 0.15) is 51.5 Å². The van der Waals surface area contributed by atoms with Crippen LogP contribution < -0.4 is 0 Å². The molecule has 1 atom stereocenters. The van der Waals surface area contributed by atoms with Crippen LogP contribution in [0, 0.1) is 0 Å². The van der Waals surface area contributed by atoms with E-state index in [0.29, 0.717) is 18.4 Å². The number of halogens is 3. The smallest absolute Gasteiger partial charge is 0.329 e.